The van der Waals surface area contributed by atoms with Gasteiger partial charge in [0, 0.05) is 35.6 Å². The summed E-state index contributed by atoms with van der Waals surface area (Å²) in [6.45, 7) is 7.79. The van der Waals surface area contributed by atoms with Gasteiger partial charge in [-0.15, -0.1) is 35.3 Å². The molecule has 0 atom stereocenters. The number of nitrogens with one attached hydrogen (secondary N) is 3. The molecule has 0 saturated carbocycles. The number of thiazole rings is 1. The van der Waals surface area contributed by atoms with Crippen molar-refractivity contribution in [2.45, 2.75) is 33.7 Å². The summed E-state index contributed by atoms with van der Waals surface area (Å²) in [7, 11) is 1.79. The number of nitrogens with zero attached hydrogens (tertiary/aromatic N) is 2. The largest absolute Gasteiger partial charge is 0.361 e. The van der Waals surface area contributed by atoms with Crippen molar-refractivity contribution in [1.29, 1.82) is 0 Å². The first-order valence-electron chi connectivity index (χ1n) is 8.51. The fourth-order valence-corrected chi connectivity index (χ4v) is 3.69. The molecule has 3 aromatic rings. The van der Waals surface area contributed by atoms with Crippen molar-refractivity contribution in [2.24, 2.45) is 4.99 Å². The van der Waals surface area contributed by atoms with E-state index in [-0.39, 0.29) is 24.0 Å². The Hall–Kier alpha value is -1.61. The summed E-state index contributed by atoms with van der Waals surface area (Å²) in [4.78, 5) is 13.5. The van der Waals surface area contributed by atoms with Crippen LogP contribution in [0.25, 0.3) is 10.9 Å². The van der Waals surface area contributed by atoms with Crippen molar-refractivity contribution < 1.29 is 0 Å². The second-order valence-corrected chi connectivity index (χ2v) is 7.50. The maximum atomic E-state index is 4.55. The van der Waals surface area contributed by atoms with Gasteiger partial charge >= 0.3 is 0 Å². The number of aromatic amines is 1. The molecule has 2 heterocycles. The van der Waals surface area contributed by atoms with Crippen LogP contribution >= 0.6 is 35.3 Å². The quantitative estimate of drug-likeness (QED) is 0.291. The van der Waals surface area contributed by atoms with E-state index >= 15 is 0 Å². The number of rotatable bonds is 5. The predicted octanol–water partition coefficient (Wildman–Crippen LogP) is 4.08. The Balaban J connectivity index is 0.00000243. The molecule has 1 aromatic carbocycles. The van der Waals surface area contributed by atoms with Crippen molar-refractivity contribution in [3.63, 3.8) is 0 Å². The number of H-pyrrole nitrogens is 1. The van der Waals surface area contributed by atoms with Gasteiger partial charge in [-0.05, 0) is 44.4 Å². The summed E-state index contributed by atoms with van der Waals surface area (Å²) < 4.78 is 0. The van der Waals surface area contributed by atoms with Crippen LogP contribution in [0.1, 0.15) is 26.7 Å². The van der Waals surface area contributed by atoms with Gasteiger partial charge in [-0.2, -0.15) is 0 Å². The predicted molar refractivity (Wildman–Crippen MR) is 122 cm³/mol. The Morgan fingerprint density at radius 2 is 2.04 bits per heavy atom. The van der Waals surface area contributed by atoms with Crippen molar-refractivity contribution >= 4 is 52.2 Å². The number of hydrogen-bond donors (Lipinski definition) is 3. The Labute approximate surface area is 175 Å². The third-order valence-electron chi connectivity index (χ3n) is 4.31. The van der Waals surface area contributed by atoms with E-state index in [2.05, 4.69) is 63.8 Å². The normalized spacial score (nSPS) is 11.5. The van der Waals surface area contributed by atoms with Crippen LogP contribution in [-0.2, 0) is 13.0 Å². The number of aromatic nitrogens is 2. The lowest BCUT2D eigenvalue weighted by Gasteiger charge is -2.10. The van der Waals surface area contributed by atoms with E-state index in [0.29, 0.717) is 6.54 Å². The minimum Gasteiger partial charge on any atom is -0.361 e. The van der Waals surface area contributed by atoms with Gasteiger partial charge < -0.3 is 15.6 Å². The van der Waals surface area contributed by atoms with Gasteiger partial charge in [0.2, 0.25) is 0 Å². The molecular formula is C19H26IN5S. The lowest BCUT2D eigenvalue weighted by atomic mass is 10.1. The highest BCUT2D eigenvalue weighted by Crippen LogP contribution is 2.19. The zero-order chi connectivity index (χ0) is 17.8. The maximum Gasteiger partial charge on any atom is 0.191 e. The lowest BCUT2D eigenvalue weighted by Crippen LogP contribution is -2.37. The average molecular weight is 483 g/mol. The molecule has 140 valence electrons. The molecule has 3 N–H and O–H groups in total. The van der Waals surface area contributed by atoms with Crippen molar-refractivity contribution in [3.05, 3.63) is 51.1 Å². The molecule has 0 aliphatic rings. The van der Waals surface area contributed by atoms with E-state index in [1.807, 2.05) is 6.92 Å². The summed E-state index contributed by atoms with van der Waals surface area (Å²) in [6, 6.07) is 6.53. The molecule has 3 rings (SSSR count). The standard InChI is InChI=1S/C19H25N5S.HI/c1-12-5-6-16-15(10-22-17(16)9-12)7-8-21-19(20-4)23-11-18-24-13(2)14(3)25-18;/h5-6,9-10,22H,7-8,11H2,1-4H3,(H2,20,21,23);1H. The SMILES string of the molecule is CN=C(NCCc1c[nH]c2cc(C)ccc12)NCc1nc(C)c(C)s1.I. The number of aliphatic imine (C=N–C) groups is 1. The molecule has 7 heteroatoms. The molecule has 26 heavy (non-hydrogen) atoms. The van der Waals surface area contributed by atoms with Crippen LogP contribution in [-0.4, -0.2) is 29.5 Å². The monoisotopic (exact) mass is 483 g/mol. The zero-order valence-electron chi connectivity index (χ0n) is 15.6. The highest BCUT2D eigenvalue weighted by Gasteiger charge is 2.06. The van der Waals surface area contributed by atoms with Crippen LogP contribution in [0.4, 0.5) is 0 Å². The van der Waals surface area contributed by atoms with Gasteiger partial charge in [0.05, 0.1) is 12.2 Å². The van der Waals surface area contributed by atoms with E-state index in [4.69, 9.17) is 0 Å². The Bertz CT molecular complexity index is 877. The molecular weight excluding hydrogens is 457 g/mol. The smallest absolute Gasteiger partial charge is 0.191 e. The lowest BCUT2D eigenvalue weighted by molar-refractivity contribution is 0.792. The van der Waals surface area contributed by atoms with E-state index < -0.39 is 0 Å². The molecule has 2 aromatic heterocycles. The van der Waals surface area contributed by atoms with E-state index in [1.165, 1.54) is 26.9 Å². The Morgan fingerprint density at radius 1 is 1.23 bits per heavy atom. The number of hydrogen-bond acceptors (Lipinski definition) is 3. The molecule has 0 saturated heterocycles. The van der Waals surface area contributed by atoms with Crippen molar-refractivity contribution in [2.75, 3.05) is 13.6 Å². The highest BCUT2D eigenvalue weighted by atomic mass is 127. The third-order valence-corrected chi connectivity index (χ3v) is 5.39. The van der Waals surface area contributed by atoms with Crippen LogP contribution in [0, 0.1) is 20.8 Å². The summed E-state index contributed by atoms with van der Waals surface area (Å²) in [5, 5.41) is 9.09. The van der Waals surface area contributed by atoms with Gasteiger partial charge in [-0.1, -0.05) is 12.1 Å². The molecule has 0 aliphatic carbocycles. The summed E-state index contributed by atoms with van der Waals surface area (Å²) in [5.41, 5.74) is 4.91. The minimum atomic E-state index is 0. The van der Waals surface area contributed by atoms with Crippen molar-refractivity contribution in [3.8, 4) is 0 Å². The van der Waals surface area contributed by atoms with Gasteiger partial charge in [-0.25, -0.2) is 4.98 Å². The number of benzene rings is 1. The molecule has 0 unspecified atom stereocenters. The summed E-state index contributed by atoms with van der Waals surface area (Å²) in [5.74, 6) is 0.807. The van der Waals surface area contributed by atoms with Crippen LogP contribution in [0.15, 0.2) is 29.4 Å². The van der Waals surface area contributed by atoms with Gasteiger partial charge in [-0.3, -0.25) is 4.99 Å². The molecule has 0 radical (unpaired) electrons. The Kier molecular flexibility index (Phi) is 7.45. The first-order valence-corrected chi connectivity index (χ1v) is 9.32. The Morgan fingerprint density at radius 3 is 2.73 bits per heavy atom. The van der Waals surface area contributed by atoms with E-state index in [0.717, 1.165) is 29.6 Å². The van der Waals surface area contributed by atoms with Crippen LogP contribution in [0.3, 0.4) is 0 Å². The van der Waals surface area contributed by atoms with E-state index in [9.17, 15) is 0 Å². The summed E-state index contributed by atoms with van der Waals surface area (Å²) in [6.07, 6.45) is 3.04. The highest BCUT2D eigenvalue weighted by molar-refractivity contribution is 14.0. The van der Waals surface area contributed by atoms with Crippen LogP contribution in [0.2, 0.25) is 0 Å². The second kappa shape index (κ2) is 9.36. The topological polar surface area (TPSA) is 65.1 Å². The third kappa shape index (κ3) is 4.97. The average Bonchev–Trinajstić information content (AvgIpc) is 3.13. The minimum absolute atomic E-state index is 0. The second-order valence-electron chi connectivity index (χ2n) is 6.21. The fraction of sp³-hybridized carbons (Fsp3) is 0.368. The fourth-order valence-electron chi connectivity index (χ4n) is 2.82. The van der Waals surface area contributed by atoms with Gasteiger partial charge in [0.25, 0.3) is 0 Å². The molecule has 0 bridgehead atoms. The molecule has 0 amide bonds. The molecule has 0 aliphatic heterocycles. The van der Waals surface area contributed by atoms with E-state index in [1.54, 1.807) is 18.4 Å². The molecule has 0 fully saturated rings. The van der Waals surface area contributed by atoms with Gasteiger partial charge in [0.15, 0.2) is 5.96 Å². The molecule has 5 nitrogen and oxygen atoms in total. The number of aryl methyl sites for hydroxylation is 3. The first-order chi connectivity index (χ1) is 12.1. The maximum absolute atomic E-state index is 4.55. The first kappa shape index (κ1) is 20.7. The summed E-state index contributed by atoms with van der Waals surface area (Å²) >= 11 is 1.73. The number of fused-ring (bicyclic) bond motifs is 1. The van der Waals surface area contributed by atoms with Crippen LogP contribution in [0.5, 0.6) is 0 Å². The van der Waals surface area contributed by atoms with Crippen molar-refractivity contribution in [1.82, 2.24) is 20.6 Å². The zero-order valence-corrected chi connectivity index (χ0v) is 18.8. The van der Waals surface area contributed by atoms with Gasteiger partial charge in [0.1, 0.15) is 5.01 Å². The molecule has 0 spiro atoms. The van der Waals surface area contributed by atoms with Crippen LogP contribution < -0.4 is 10.6 Å². The number of halogens is 1. The number of guanidine groups is 1.